The Hall–Kier alpha value is -4.91. The van der Waals surface area contributed by atoms with Gasteiger partial charge in [0, 0.05) is 0 Å². The minimum Gasteiger partial charge on any atom is -0.454 e. The van der Waals surface area contributed by atoms with E-state index in [1.165, 1.54) is 48.5 Å². The minimum atomic E-state index is -4.31. The normalized spacial score (nSPS) is 10.8. The van der Waals surface area contributed by atoms with Gasteiger partial charge in [0.05, 0.1) is 27.3 Å². The topological polar surface area (TPSA) is 161 Å². The number of benzene rings is 3. The van der Waals surface area contributed by atoms with Gasteiger partial charge in [-0.25, -0.2) is 13.2 Å². The molecule has 0 bridgehead atoms. The molecule has 198 valence electrons. The van der Waals surface area contributed by atoms with Crippen LogP contribution in [0.3, 0.4) is 0 Å². The van der Waals surface area contributed by atoms with Crippen molar-refractivity contribution in [2.24, 2.45) is 4.99 Å². The summed E-state index contributed by atoms with van der Waals surface area (Å²) >= 11 is 4.54. The molecular formula is C25H17N3O9S2. The van der Waals surface area contributed by atoms with Crippen molar-refractivity contribution in [3.63, 3.8) is 0 Å². The molecule has 0 radical (unpaired) electrons. The molecule has 0 atom stereocenters. The fraction of sp³-hybridized carbons (Fsp3) is 0.0800. The zero-order chi connectivity index (χ0) is 27.8. The molecule has 0 saturated heterocycles. The first kappa shape index (κ1) is 27.1. The fourth-order valence-electron chi connectivity index (χ4n) is 3.17. The molecular weight excluding hydrogens is 550 g/mol. The monoisotopic (exact) mass is 567 g/mol. The summed E-state index contributed by atoms with van der Waals surface area (Å²) in [5, 5.41) is 16.7. The Labute approximate surface area is 226 Å². The van der Waals surface area contributed by atoms with Gasteiger partial charge in [-0.1, -0.05) is 30.3 Å². The van der Waals surface area contributed by atoms with E-state index in [2.05, 4.69) is 32.2 Å². The van der Waals surface area contributed by atoms with E-state index >= 15 is 0 Å². The Morgan fingerprint density at radius 1 is 1.00 bits per heavy atom. The van der Waals surface area contributed by atoms with Crippen LogP contribution in [0.2, 0.25) is 0 Å². The van der Waals surface area contributed by atoms with Crippen LogP contribution in [0.15, 0.2) is 98.4 Å². The predicted molar refractivity (Wildman–Crippen MR) is 136 cm³/mol. The summed E-state index contributed by atoms with van der Waals surface area (Å²) in [6.45, 7) is -0.411. The molecule has 0 unspecified atom stereocenters. The van der Waals surface area contributed by atoms with Gasteiger partial charge in [-0.3, -0.25) is 9.42 Å². The Balaban J connectivity index is 1.39. The zero-order valence-electron chi connectivity index (χ0n) is 19.8. The molecule has 0 fully saturated rings. The smallest absolute Gasteiger partial charge is 0.414 e. The molecule has 1 aromatic heterocycles. The average Bonchev–Trinajstić information content (AvgIpc) is 3.31. The molecule has 0 saturated carbocycles. The number of carbonyl (C=O) groups excluding carboxylic acids is 2. The van der Waals surface area contributed by atoms with E-state index < -0.39 is 39.3 Å². The van der Waals surface area contributed by atoms with Crippen molar-refractivity contribution in [1.82, 2.24) is 5.16 Å². The first-order valence-corrected chi connectivity index (χ1v) is 12.9. The average molecular weight is 568 g/mol. The lowest BCUT2D eigenvalue weighted by Gasteiger charge is -2.10. The van der Waals surface area contributed by atoms with E-state index in [-0.39, 0.29) is 33.3 Å². The highest BCUT2D eigenvalue weighted by Crippen LogP contribution is 2.26. The summed E-state index contributed by atoms with van der Waals surface area (Å²) in [6.07, 6.45) is -0.387. The summed E-state index contributed by atoms with van der Waals surface area (Å²) < 4.78 is 45.9. The number of ether oxygens (including phenoxy) is 3. The number of aliphatic imine (C=N–C) groups is 1. The second kappa shape index (κ2) is 12.1. The van der Waals surface area contributed by atoms with E-state index in [0.717, 1.165) is 0 Å². The highest BCUT2D eigenvalue weighted by molar-refractivity contribution is 7.91. The van der Waals surface area contributed by atoms with Crippen molar-refractivity contribution >= 4 is 44.8 Å². The van der Waals surface area contributed by atoms with Gasteiger partial charge in [-0.05, 0) is 65.7 Å². The van der Waals surface area contributed by atoms with Crippen molar-refractivity contribution < 1.29 is 41.7 Å². The third kappa shape index (κ3) is 6.51. The zero-order valence-corrected chi connectivity index (χ0v) is 21.4. The van der Waals surface area contributed by atoms with Crippen molar-refractivity contribution in [3.8, 4) is 17.4 Å². The van der Waals surface area contributed by atoms with Crippen LogP contribution < -0.4 is 19.1 Å². The molecule has 0 amide bonds. The third-order valence-corrected chi connectivity index (χ3v) is 6.77. The largest absolute Gasteiger partial charge is 0.454 e. The maximum absolute atomic E-state index is 12.8. The van der Waals surface area contributed by atoms with E-state index in [1.54, 1.807) is 30.3 Å². The van der Waals surface area contributed by atoms with E-state index in [1.807, 2.05) is 0 Å². The number of para-hydroxylation sites is 1. The first-order valence-electron chi connectivity index (χ1n) is 11.0. The van der Waals surface area contributed by atoms with Crippen LogP contribution in [0.1, 0.15) is 16.8 Å². The van der Waals surface area contributed by atoms with Gasteiger partial charge < -0.3 is 19.4 Å². The number of esters is 2. The van der Waals surface area contributed by atoms with Crippen molar-refractivity contribution in [2.75, 3.05) is 6.61 Å². The Morgan fingerprint density at radius 2 is 1.69 bits per heavy atom. The number of isothiocyanates is 1. The number of sulfone groups is 1. The summed E-state index contributed by atoms with van der Waals surface area (Å²) in [6, 6.07) is 19.2. The molecule has 4 aromatic rings. The number of aromatic nitrogens is 2. The molecule has 12 nitrogen and oxygen atoms in total. The van der Waals surface area contributed by atoms with Crippen molar-refractivity contribution in [1.29, 1.82) is 0 Å². The van der Waals surface area contributed by atoms with Gasteiger partial charge in [0.25, 0.3) is 9.84 Å². The number of nitrogens with zero attached hydrogens (tertiary/aromatic N) is 3. The first-order chi connectivity index (χ1) is 18.8. The molecule has 0 aliphatic heterocycles. The van der Waals surface area contributed by atoms with Crippen LogP contribution in [0.5, 0.6) is 17.4 Å². The second-order valence-electron chi connectivity index (χ2n) is 7.51. The van der Waals surface area contributed by atoms with Crippen LogP contribution in [0.25, 0.3) is 0 Å². The number of thiocarbonyl (C=S) groups is 1. The molecule has 0 spiro atoms. The lowest BCUT2D eigenvalue weighted by atomic mass is 10.2. The van der Waals surface area contributed by atoms with Crippen molar-refractivity contribution in [3.05, 3.63) is 89.6 Å². The van der Waals surface area contributed by atoms with Crippen molar-refractivity contribution in [2.45, 2.75) is 16.3 Å². The lowest BCUT2D eigenvalue weighted by molar-refractivity contribution is -0.832. The highest BCUT2D eigenvalue weighted by Gasteiger charge is 2.35. The SMILES string of the molecule is O=C(CCOc1no[n+]([O-])c1S(=O)(=O)c1ccccc1)Oc1ccccc1C(=O)Oc1ccc(N=C=S)cc1. The summed E-state index contributed by atoms with van der Waals surface area (Å²) in [5.41, 5.74) is 0.509. The van der Waals surface area contributed by atoms with Gasteiger partial charge in [-0.15, -0.1) is 0 Å². The molecule has 14 heteroatoms. The molecule has 0 aliphatic carbocycles. The van der Waals surface area contributed by atoms with E-state index in [4.69, 9.17) is 14.2 Å². The van der Waals surface area contributed by atoms with Gasteiger partial charge in [0.2, 0.25) is 0 Å². The van der Waals surface area contributed by atoms with Crippen LogP contribution >= 0.6 is 12.2 Å². The quantitative estimate of drug-likeness (QED) is 0.0907. The Bertz CT molecular complexity index is 1650. The van der Waals surface area contributed by atoms with Crippen LogP contribution in [-0.4, -0.2) is 37.3 Å². The maximum atomic E-state index is 12.8. The van der Waals surface area contributed by atoms with E-state index in [9.17, 15) is 23.2 Å². The summed E-state index contributed by atoms with van der Waals surface area (Å²) in [4.78, 5) is 28.5. The Morgan fingerprint density at radius 3 is 2.41 bits per heavy atom. The molecule has 3 aromatic carbocycles. The van der Waals surface area contributed by atoms with Gasteiger partial charge >= 0.3 is 22.8 Å². The molecule has 1 heterocycles. The third-order valence-electron chi connectivity index (χ3n) is 4.95. The van der Waals surface area contributed by atoms with Crippen LogP contribution in [0, 0.1) is 5.21 Å². The van der Waals surface area contributed by atoms with Crippen LogP contribution in [0.4, 0.5) is 5.69 Å². The number of rotatable bonds is 10. The molecule has 4 rings (SSSR count). The number of hydrogen-bond donors (Lipinski definition) is 0. The molecule has 0 N–H and O–H groups in total. The van der Waals surface area contributed by atoms with Gasteiger partial charge in [0.15, 0.2) is 0 Å². The molecule has 39 heavy (non-hydrogen) atoms. The van der Waals surface area contributed by atoms with Gasteiger partial charge in [0.1, 0.15) is 23.7 Å². The summed E-state index contributed by atoms with van der Waals surface area (Å²) in [7, 11) is -4.31. The predicted octanol–water partition coefficient (Wildman–Crippen LogP) is 3.47. The number of hydrogen-bond acceptors (Lipinski definition) is 12. The number of carbonyl (C=O) groups is 2. The van der Waals surface area contributed by atoms with E-state index in [0.29, 0.717) is 5.69 Å². The molecule has 0 aliphatic rings. The maximum Gasteiger partial charge on any atom is 0.414 e. The van der Waals surface area contributed by atoms with Crippen LogP contribution in [-0.2, 0) is 14.6 Å². The minimum absolute atomic E-state index is 0.0205. The lowest BCUT2D eigenvalue weighted by Crippen LogP contribution is -2.31. The highest BCUT2D eigenvalue weighted by atomic mass is 32.2. The summed E-state index contributed by atoms with van der Waals surface area (Å²) in [5.74, 6) is -2.06. The fourth-order valence-corrected chi connectivity index (χ4v) is 4.57. The standard InChI is InChI=1S/C25H17N3O9S2/c29-22(14-15-34-23-24(28(31)37-27-23)39(32,33)19-6-2-1-3-7-19)36-21-9-5-4-8-20(21)25(30)35-18-12-10-17(11-13-18)26-16-38/h1-13H,14-15H2. The Kier molecular flexibility index (Phi) is 8.41. The van der Waals surface area contributed by atoms with Gasteiger partial charge in [-0.2, -0.15) is 4.99 Å². The second-order valence-corrected chi connectivity index (χ2v) is 9.56.